The van der Waals surface area contributed by atoms with Crippen LogP contribution in [0.2, 0.25) is 0 Å². The summed E-state index contributed by atoms with van der Waals surface area (Å²) in [6.45, 7) is 9.24. The fraction of sp³-hybridized carbons (Fsp3) is 0.684. The van der Waals surface area contributed by atoms with E-state index in [4.69, 9.17) is 5.73 Å². The van der Waals surface area contributed by atoms with Crippen molar-refractivity contribution in [3.8, 4) is 0 Å². The van der Waals surface area contributed by atoms with Gasteiger partial charge in [0.05, 0.1) is 0 Å². The molecule has 118 valence electrons. The van der Waals surface area contributed by atoms with Crippen molar-refractivity contribution in [3.05, 3.63) is 35.4 Å². The summed E-state index contributed by atoms with van der Waals surface area (Å²) >= 11 is 0. The summed E-state index contributed by atoms with van der Waals surface area (Å²) in [4.78, 5) is 2.61. The zero-order valence-electron chi connectivity index (χ0n) is 14.1. The molecule has 2 N–H and O–H groups in total. The van der Waals surface area contributed by atoms with Crippen molar-refractivity contribution in [1.82, 2.24) is 4.90 Å². The Bertz CT molecular complexity index is 431. The average molecular weight is 288 g/mol. The second-order valence-corrected chi connectivity index (χ2v) is 7.03. The van der Waals surface area contributed by atoms with Gasteiger partial charge in [-0.3, -0.25) is 4.90 Å². The van der Waals surface area contributed by atoms with Gasteiger partial charge in [0.1, 0.15) is 0 Å². The topological polar surface area (TPSA) is 29.3 Å². The molecule has 0 aromatic heterocycles. The molecule has 1 aliphatic rings. The highest BCUT2D eigenvalue weighted by molar-refractivity contribution is 5.28. The van der Waals surface area contributed by atoms with Crippen molar-refractivity contribution in [3.63, 3.8) is 0 Å². The number of rotatable bonds is 5. The first-order chi connectivity index (χ1) is 10.1. The molecule has 1 heterocycles. The lowest BCUT2D eigenvalue weighted by atomic mass is 9.86. The molecule has 0 bridgehead atoms. The zero-order chi connectivity index (χ0) is 15.3. The highest BCUT2D eigenvalue weighted by atomic mass is 15.2. The van der Waals surface area contributed by atoms with E-state index in [1.54, 1.807) is 0 Å². The number of aryl methyl sites for hydroxylation is 1. The van der Waals surface area contributed by atoms with E-state index in [9.17, 15) is 0 Å². The Morgan fingerprint density at radius 2 is 1.81 bits per heavy atom. The molecule has 1 aliphatic heterocycles. The molecule has 0 aliphatic carbocycles. The van der Waals surface area contributed by atoms with E-state index in [0.717, 1.165) is 6.42 Å². The largest absolute Gasteiger partial charge is 0.322 e. The Kier molecular flexibility index (Phi) is 5.83. The van der Waals surface area contributed by atoms with Gasteiger partial charge in [0, 0.05) is 11.6 Å². The summed E-state index contributed by atoms with van der Waals surface area (Å²) in [5.41, 5.74) is 9.40. The summed E-state index contributed by atoms with van der Waals surface area (Å²) in [5.74, 6) is 0. The minimum absolute atomic E-state index is 0.0230. The molecule has 1 aromatic carbocycles. The Labute approximate surface area is 130 Å². The first-order valence-electron chi connectivity index (χ1n) is 8.65. The van der Waals surface area contributed by atoms with Crippen LogP contribution < -0.4 is 5.73 Å². The molecular weight excluding hydrogens is 256 g/mol. The third kappa shape index (κ3) is 4.08. The van der Waals surface area contributed by atoms with Crippen LogP contribution in [0.1, 0.15) is 70.0 Å². The van der Waals surface area contributed by atoms with Crippen LogP contribution in [0.3, 0.4) is 0 Å². The fourth-order valence-electron chi connectivity index (χ4n) is 3.48. The summed E-state index contributed by atoms with van der Waals surface area (Å²) in [6, 6.07) is 8.97. The maximum Gasteiger partial charge on any atom is 0.0476 e. The van der Waals surface area contributed by atoms with Crippen molar-refractivity contribution < 1.29 is 0 Å². The van der Waals surface area contributed by atoms with Gasteiger partial charge in [0.2, 0.25) is 0 Å². The molecular formula is C19H32N2. The van der Waals surface area contributed by atoms with E-state index >= 15 is 0 Å². The molecule has 1 saturated heterocycles. The van der Waals surface area contributed by atoms with Crippen molar-refractivity contribution in [2.24, 2.45) is 5.73 Å². The van der Waals surface area contributed by atoms with Crippen LogP contribution in [0.15, 0.2) is 24.3 Å². The van der Waals surface area contributed by atoms with Crippen molar-refractivity contribution >= 4 is 0 Å². The molecule has 2 rings (SSSR count). The van der Waals surface area contributed by atoms with E-state index in [-0.39, 0.29) is 11.6 Å². The van der Waals surface area contributed by atoms with Crippen molar-refractivity contribution in [2.75, 3.05) is 13.1 Å². The molecule has 1 aromatic rings. The first kappa shape index (κ1) is 16.5. The van der Waals surface area contributed by atoms with E-state index in [2.05, 4.69) is 49.9 Å². The Morgan fingerprint density at radius 1 is 1.14 bits per heavy atom. The molecule has 1 unspecified atom stereocenters. The minimum atomic E-state index is 0.0230. The molecule has 0 saturated carbocycles. The summed E-state index contributed by atoms with van der Waals surface area (Å²) in [6.07, 6.45) is 7.69. The predicted molar refractivity (Wildman–Crippen MR) is 91.5 cm³/mol. The van der Waals surface area contributed by atoms with Crippen LogP contribution in [-0.4, -0.2) is 23.5 Å². The highest BCUT2D eigenvalue weighted by Crippen LogP contribution is 2.31. The summed E-state index contributed by atoms with van der Waals surface area (Å²) in [5, 5.41) is 0. The van der Waals surface area contributed by atoms with E-state index in [0.29, 0.717) is 0 Å². The number of hydrogen-bond acceptors (Lipinski definition) is 2. The molecule has 0 radical (unpaired) electrons. The van der Waals surface area contributed by atoms with E-state index < -0.39 is 0 Å². The van der Waals surface area contributed by atoms with Gasteiger partial charge in [-0.15, -0.1) is 0 Å². The molecule has 0 amide bonds. The van der Waals surface area contributed by atoms with Gasteiger partial charge in [-0.2, -0.15) is 0 Å². The molecule has 2 heteroatoms. The smallest absolute Gasteiger partial charge is 0.0476 e. The van der Waals surface area contributed by atoms with Crippen LogP contribution >= 0.6 is 0 Å². The number of likely N-dealkylation sites (tertiary alicyclic amines) is 1. The first-order valence-corrected chi connectivity index (χ1v) is 8.65. The normalized spacial score (nSPS) is 19.2. The van der Waals surface area contributed by atoms with Gasteiger partial charge in [-0.1, -0.05) is 50.5 Å². The Morgan fingerprint density at radius 3 is 2.43 bits per heavy atom. The maximum atomic E-state index is 6.68. The number of hydrogen-bond donors (Lipinski definition) is 1. The second kappa shape index (κ2) is 7.42. The quantitative estimate of drug-likeness (QED) is 0.875. The van der Waals surface area contributed by atoms with Gasteiger partial charge < -0.3 is 5.73 Å². The number of nitrogens with zero attached hydrogens (tertiary/aromatic N) is 1. The maximum absolute atomic E-state index is 6.68. The summed E-state index contributed by atoms with van der Waals surface area (Å²) in [7, 11) is 0. The van der Waals surface area contributed by atoms with Crippen molar-refractivity contribution in [2.45, 2.75) is 70.9 Å². The van der Waals surface area contributed by atoms with Crippen LogP contribution in [0, 0.1) is 0 Å². The van der Waals surface area contributed by atoms with Crippen molar-refractivity contribution in [1.29, 1.82) is 0 Å². The molecule has 1 fully saturated rings. The monoisotopic (exact) mass is 288 g/mol. The third-order valence-corrected chi connectivity index (χ3v) is 5.03. The van der Waals surface area contributed by atoms with Gasteiger partial charge in [-0.05, 0) is 57.3 Å². The number of benzene rings is 1. The number of nitrogens with two attached hydrogens (primary N) is 1. The van der Waals surface area contributed by atoms with Crippen LogP contribution in [-0.2, 0) is 6.42 Å². The van der Waals surface area contributed by atoms with Crippen LogP contribution in [0.25, 0.3) is 0 Å². The predicted octanol–water partition coefficient (Wildman–Crippen LogP) is 4.29. The van der Waals surface area contributed by atoms with Gasteiger partial charge >= 0.3 is 0 Å². The van der Waals surface area contributed by atoms with Gasteiger partial charge in [0.25, 0.3) is 0 Å². The molecule has 0 spiro atoms. The molecule has 2 nitrogen and oxygen atoms in total. The van der Waals surface area contributed by atoms with Gasteiger partial charge in [0.15, 0.2) is 0 Å². The molecule has 21 heavy (non-hydrogen) atoms. The fourth-order valence-corrected chi connectivity index (χ4v) is 3.48. The highest BCUT2D eigenvalue weighted by Gasteiger charge is 2.34. The van der Waals surface area contributed by atoms with Crippen LogP contribution in [0.4, 0.5) is 0 Å². The average Bonchev–Trinajstić information content (AvgIpc) is 2.76. The standard InChI is InChI=1S/C19H32N2/c1-4-10-16-11-9-12-17(15-16)18(20)19(2,3)21-13-7-5-6-8-14-21/h9,11-12,15,18H,4-8,10,13-14,20H2,1-3H3. The van der Waals surface area contributed by atoms with E-state index in [1.165, 1.54) is 56.3 Å². The van der Waals surface area contributed by atoms with Gasteiger partial charge in [-0.25, -0.2) is 0 Å². The lowest BCUT2D eigenvalue weighted by molar-refractivity contribution is 0.0980. The lowest BCUT2D eigenvalue weighted by Crippen LogP contribution is -2.51. The zero-order valence-corrected chi connectivity index (χ0v) is 14.1. The van der Waals surface area contributed by atoms with E-state index in [1.807, 2.05) is 0 Å². The molecule has 1 atom stereocenters. The van der Waals surface area contributed by atoms with Crippen LogP contribution in [0.5, 0.6) is 0 Å². The Balaban J connectivity index is 2.15. The SMILES string of the molecule is CCCc1cccc(C(N)C(C)(C)N2CCCCCC2)c1. The summed E-state index contributed by atoms with van der Waals surface area (Å²) < 4.78 is 0. The minimum Gasteiger partial charge on any atom is -0.322 e. The second-order valence-electron chi connectivity index (χ2n) is 7.03. The Hall–Kier alpha value is -0.860. The lowest BCUT2D eigenvalue weighted by Gasteiger charge is -2.42. The third-order valence-electron chi connectivity index (χ3n) is 5.03.